The van der Waals surface area contributed by atoms with Crippen LogP contribution in [0.3, 0.4) is 0 Å². The summed E-state index contributed by atoms with van der Waals surface area (Å²) in [6.45, 7) is 3.35. The molecule has 0 bridgehead atoms. The van der Waals surface area contributed by atoms with Crippen LogP contribution in [0.25, 0.3) is 5.69 Å². The lowest BCUT2D eigenvalue weighted by Gasteiger charge is -2.22. The second kappa shape index (κ2) is 5.46. The monoisotopic (exact) mass is 273 g/mol. The highest BCUT2D eigenvalue weighted by Crippen LogP contribution is 2.28. The van der Waals surface area contributed by atoms with Gasteiger partial charge in [0.25, 0.3) is 0 Å². The Morgan fingerprint density at radius 3 is 2.65 bits per heavy atom. The van der Waals surface area contributed by atoms with Gasteiger partial charge in [-0.15, -0.1) is 0 Å². The smallest absolute Gasteiger partial charge is 0.309 e. The topological polar surface area (TPSA) is 81.1 Å². The van der Waals surface area contributed by atoms with Crippen molar-refractivity contribution in [2.45, 2.75) is 26.3 Å². The molecule has 1 aromatic carbocycles. The minimum absolute atomic E-state index is 0.349. The molecule has 106 valence electrons. The zero-order valence-corrected chi connectivity index (χ0v) is 11.7. The van der Waals surface area contributed by atoms with Crippen LogP contribution in [0.1, 0.15) is 31.9 Å². The molecule has 2 aromatic rings. The molecule has 0 fully saturated rings. The highest BCUT2D eigenvalue weighted by Gasteiger charge is 2.30. The van der Waals surface area contributed by atoms with Gasteiger partial charge in [-0.1, -0.05) is 18.2 Å². The Hall–Kier alpha value is -2.14. The molecule has 0 radical (unpaired) electrons. The lowest BCUT2D eigenvalue weighted by Crippen LogP contribution is -2.28. The van der Waals surface area contributed by atoms with Gasteiger partial charge in [-0.05, 0) is 32.4 Å². The number of rotatable bonds is 5. The summed E-state index contributed by atoms with van der Waals surface area (Å²) in [6, 6.07) is 9.36. The molecule has 0 amide bonds. The van der Waals surface area contributed by atoms with E-state index in [1.54, 1.807) is 24.7 Å². The average Bonchev–Trinajstić information content (AvgIpc) is 2.88. The molecule has 1 heterocycles. The average molecular weight is 273 g/mol. The summed E-state index contributed by atoms with van der Waals surface area (Å²) in [5, 5.41) is 13.4. The second-order valence-electron chi connectivity index (χ2n) is 5.55. The number of aliphatic carboxylic acids is 1. The maximum atomic E-state index is 11.1. The molecule has 5 heteroatoms. The minimum Gasteiger partial charge on any atom is -0.481 e. The fourth-order valence-electron chi connectivity index (χ4n) is 2.01. The van der Waals surface area contributed by atoms with Crippen molar-refractivity contribution >= 4 is 5.97 Å². The van der Waals surface area contributed by atoms with E-state index in [-0.39, 0.29) is 6.04 Å². The summed E-state index contributed by atoms with van der Waals surface area (Å²) in [4.78, 5) is 11.1. The lowest BCUT2D eigenvalue weighted by molar-refractivity contribution is -0.147. The first-order valence-corrected chi connectivity index (χ1v) is 6.49. The minimum atomic E-state index is -0.853. The first-order valence-electron chi connectivity index (χ1n) is 6.49. The van der Waals surface area contributed by atoms with Crippen LogP contribution in [0.15, 0.2) is 42.7 Å². The van der Waals surface area contributed by atoms with Gasteiger partial charge in [0.1, 0.15) is 0 Å². The van der Waals surface area contributed by atoms with Crippen LogP contribution in [0.5, 0.6) is 0 Å². The van der Waals surface area contributed by atoms with E-state index in [2.05, 4.69) is 5.10 Å². The van der Waals surface area contributed by atoms with E-state index in [1.807, 2.05) is 36.5 Å². The molecule has 1 unspecified atom stereocenters. The van der Waals surface area contributed by atoms with E-state index in [9.17, 15) is 4.79 Å². The molecule has 0 aliphatic carbocycles. The van der Waals surface area contributed by atoms with Crippen LogP contribution in [-0.4, -0.2) is 20.9 Å². The fourth-order valence-corrected chi connectivity index (χ4v) is 2.01. The Kier molecular flexibility index (Phi) is 3.90. The maximum absolute atomic E-state index is 11.1. The summed E-state index contributed by atoms with van der Waals surface area (Å²) in [7, 11) is 0. The molecule has 0 saturated heterocycles. The second-order valence-corrected chi connectivity index (χ2v) is 5.55. The summed E-state index contributed by atoms with van der Waals surface area (Å²) in [6.07, 6.45) is 3.90. The van der Waals surface area contributed by atoms with Gasteiger partial charge in [0.15, 0.2) is 0 Å². The highest BCUT2D eigenvalue weighted by atomic mass is 16.4. The van der Waals surface area contributed by atoms with Crippen LogP contribution < -0.4 is 5.73 Å². The summed E-state index contributed by atoms with van der Waals surface area (Å²) in [5.74, 6) is -0.844. The molecule has 0 spiro atoms. The number of carboxylic acid groups (broad SMARTS) is 1. The Morgan fingerprint density at radius 2 is 2.05 bits per heavy atom. The molecule has 0 aliphatic rings. The van der Waals surface area contributed by atoms with E-state index in [4.69, 9.17) is 10.8 Å². The zero-order chi connectivity index (χ0) is 14.8. The van der Waals surface area contributed by atoms with Gasteiger partial charge in [0.05, 0.1) is 17.3 Å². The van der Waals surface area contributed by atoms with Crippen molar-refractivity contribution in [2.75, 3.05) is 0 Å². The van der Waals surface area contributed by atoms with Crippen LogP contribution in [0.2, 0.25) is 0 Å². The maximum Gasteiger partial charge on any atom is 0.309 e. The first kappa shape index (κ1) is 14.3. The van der Waals surface area contributed by atoms with E-state index in [1.165, 1.54) is 0 Å². The quantitative estimate of drug-likeness (QED) is 0.876. The van der Waals surface area contributed by atoms with Crippen molar-refractivity contribution in [1.29, 1.82) is 0 Å². The molecule has 20 heavy (non-hydrogen) atoms. The fraction of sp³-hybridized carbons (Fsp3) is 0.333. The Balaban J connectivity index is 2.15. The van der Waals surface area contributed by atoms with Crippen molar-refractivity contribution in [3.8, 4) is 5.69 Å². The number of carboxylic acids is 1. The van der Waals surface area contributed by atoms with Gasteiger partial charge in [0, 0.05) is 17.8 Å². The van der Waals surface area contributed by atoms with Crippen LogP contribution in [0, 0.1) is 5.41 Å². The molecule has 0 saturated carbocycles. The van der Waals surface area contributed by atoms with Crippen LogP contribution >= 0.6 is 0 Å². The van der Waals surface area contributed by atoms with Crippen molar-refractivity contribution < 1.29 is 9.90 Å². The third kappa shape index (κ3) is 3.05. The van der Waals surface area contributed by atoms with Crippen molar-refractivity contribution in [1.82, 2.24) is 9.78 Å². The normalized spacial score (nSPS) is 13.2. The lowest BCUT2D eigenvalue weighted by atomic mass is 9.84. The van der Waals surface area contributed by atoms with Gasteiger partial charge in [-0.25, -0.2) is 4.68 Å². The van der Waals surface area contributed by atoms with Gasteiger partial charge in [-0.2, -0.15) is 5.10 Å². The van der Waals surface area contributed by atoms with E-state index in [0.717, 1.165) is 11.3 Å². The molecule has 5 nitrogen and oxygen atoms in total. The van der Waals surface area contributed by atoms with E-state index >= 15 is 0 Å². The van der Waals surface area contributed by atoms with E-state index in [0.29, 0.717) is 6.42 Å². The number of nitrogens with two attached hydrogens (primary N) is 1. The largest absolute Gasteiger partial charge is 0.481 e. The molecular formula is C15H19N3O2. The van der Waals surface area contributed by atoms with Gasteiger partial charge in [-0.3, -0.25) is 4.79 Å². The number of benzene rings is 1. The highest BCUT2D eigenvalue weighted by molar-refractivity contribution is 5.73. The number of carbonyl (C=O) groups is 1. The number of hydrogen-bond acceptors (Lipinski definition) is 3. The third-order valence-electron chi connectivity index (χ3n) is 3.36. The Morgan fingerprint density at radius 1 is 1.40 bits per heavy atom. The predicted octanol–water partition coefficient (Wildman–Crippen LogP) is 2.37. The first-order chi connectivity index (χ1) is 9.40. The van der Waals surface area contributed by atoms with Crippen LogP contribution in [-0.2, 0) is 4.79 Å². The third-order valence-corrected chi connectivity index (χ3v) is 3.36. The van der Waals surface area contributed by atoms with Gasteiger partial charge >= 0.3 is 5.97 Å². The Labute approximate surface area is 118 Å². The van der Waals surface area contributed by atoms with E-state index < -0.39 is 11.4 Å². The number of para-hydroxylation sites is 1. The Bertz CT molecular complexity index is 590. The summed E-state index contributed by atoms with van der Waals surface area (Å²) >= 11 is 0. The standard InChI is InChI=1S/C15H19N3O2/c1-15(2,14(19)20)8-13(16)11-9-17-18(10-11)12-6-4-3-5-7-12/h3-7,9-10,13H,8,16H2,1-2H3,(H,19,20). The van der Waals surface area contributed by atoms with Crippen molar-refractivity contribution in [3.05, 3.63) is 48.3 Å². The SMILES string of the molecule is CC(C)(CC(N)c1cnn(-c2ccccc2)c1)C(=O)O. The van der Waals surface area contributed by atoms with Crippen LogP contribution in [0.4, 0.5) is 0 Å². The van der Waals surface area contributed by atoms with Gasteiger partial charge < -0.3 is 10.8 Å². The molecule has 1 aromatic heterocycles. The number of nitrogens with zero attached hydrogens (tertiary/aromatic N) is 2. The number of hydrogen-bond donors (Lipinski definition) is 2. The van der Waals surface area contributed by atoms with Crippen molar-refractivity contribution in [3.63, 3.8) is 0 Å². The molecule has 0 aliphatic heterocycles. The summed E-state index contributed by atoms with van der Waals surface area (Å²) in [5.41, 5.74) is 7.02. The number of aromatic nitrogens is 2. The molecule has 1 atom stereocenters. The van der Waals surface area contributed by atoms with Crippen molar-refractivity contribution in [2.24, 2.45) is 11.1 Å². The zero-order valence-electron chi connectivity index (χ0n) is 11.7. The molecule has 2 rings (SSSR count). The molecule has 3 N–H and O–H groups in total. The summed E-state index contributed by atoms with van der Waals surface area (Å²) < 4.78 is 1.74. The molecular weight excluding hydrogens is 254 g/mol. The van der Waals surface area contributed by atoms with Gasteiger partial charge in [0.2, 0.25) is 0 Å². The predicted molar refractivity (Wildman–Crippen MR) is 76.5 cm³/mol.